The van der Waals surface area contributed by atoms with Crippen molar-refractivity contribution >= 4 is 49.3 Å². The highest BCUT2D eigenvalue weighted by atomic mass is 32.2. The summed E-state index contributed by atoms with van der Waals surface area (Å²) in [6.07, 6.45) is 6.66. The monoisotopic (exact) mass is 400 g/mol. The number of anilines is 1. The lowest BCUT2D eigenvalue weighted by molar-refractivity contribution is 0.632. The number of thioether (sulfide) groups is 1. The van der Waals surface area contributed by atoms with Crippen LogP contribution in [0.25, 0.3) is 20.4 Å². The van der Waals surface area contributed by atoms with Gasteiger partial charge < -0.3 is 5.32 Å². The molecule has 3 heterocycles. The largest absolute Gasteiger partial charge is 0.368 e. The molecule has 0 radical (unpaired) electrons. The smallest absolute Gasteiger partial charge is 0.189 e. The summed E-state index contributed by atoms with van der Waals surface area (Å²) in [5, 5.41) is 5.69. The van der Waals surface area contributed by atoms with Crippen LogP contribution in [-0.2, 0) is 19.3 Å². The minimum atomic E-state index is 0.571. The Morgan fingerprint density at radius 3 is 2.52 bits per heavy atom. The Bertz CT molecular complexity index is 991. The van der Waals surface area contributed by atoms with Crippen LogP contribution in [0.1, 0.15) is 50.9 Å². The van der Waals surface area contributed by atoms with Gasteiger partial charge in [-0.15, -0.1) is 11.3 Å². The molecule has 0 saturated heterocycles. The minimum Gasteiger partial charge on any atom is -0.368 e. The first-order chi connectivity index (χ1) is 13.0. The Kier molecular flexibility index (Phi) is 5.30. The fourth-order valence-electron chi connectivity index (χ4n) is 3.89. The third kappa shape index (κ3) is 3.54. The topological polar surface area (TPSA) is 50.7 Å². The van der Waals surface area contributed by atoms with Crippen LogP contribution in [-0.4, -0.2) is 27.8 Å². The van der Waals surface area contributed by atoms with Crippen LogP contribution in [0.2, 0.25) is 0 Å². The molecule has 144 valence electrons. The Morgan fingerprint density at radius 2 is 1.81 bits per heavy atom. The molecular formula is C21H28N4S2. The number of aryl methyl sites for hydroxylation is 1. The van der Waals surface area contributed by atoms with Gasteiger partial charge in [-0.05, 0) is 54.9 Å². The number of nitrogens with zero attached hydrogens (tertiary/aromatic N) is 3. The van der Waals surface area contributed by atoms with E-state index in [1.165, 1.54) is 28.6 Å². The summed E-state index contributed by atoms with van der Waals surface area (Å²) in [5.74, 6) is 2.17. The second-order valence-corrected chi connectivity index (χ2v) is 10.0. The van der Waals surface area contributed by atoms with Crippen LogP contribution in [0.15, 0.2) is 5.16 Å². The quantitative estimate of drug-likeness (QED) is 0.424. The zero-order chi connectivity index (χ0) is 19.1. The van der Waals surface area contributed by atoms with Crippen molar-refractivity contribution in [3.63, 3.8) is 0 Å². The molecule has 0 aromatic carbocycles. The van der Waals surface area contributed by atoms with E-state index in [9.17, 15) is 0 Å². The molecular weight excluding hydrogens is 372 g/mol. The van der Waals surface area contributed by atoms with Gasteiger partial charge in [0.05, 0.1) is 10.2 Å². The molecule has 0 atom stereocenters. The molecule has 4 rings (SSSR count). The number of aromatic nitrogens is 3. The first-order valence-corrected chi connectivity index (χ1v) is 11.9. The molecule has 1 aliphatic rings. The molecule has 0 fully saturated rings. The van der Waals surface area contributed by atoms with Gasteiger partial charge in [0.1, 0.15) is 10.6 Å². The normalized spacial score (nSPS) is 14.0. The lowest BCUT2D eigenvalue weighted by Gasteiger charge is -2.11. The van der Waals surface area contributed by atoms with Crippen molar-refractivity contribution in [1.29, 1.82) is 0 Å². The maximum atomic E-state index is 5.13. The minimum absolute atomic E-state index is 0.571. The highest BCUT2D eigenvalue weighted by Gasteiger charge is 2.25. The fourth-order valence-corrected chi connectivity index (χ4v) is 5.39. The molecule has 0 amide bonds. The summed E-state index contributed by atoms with van der Waals surface area (Å²) < 4.78 is 1.16. The number of nitrogens with one attached hydrogen (secondary N) is 1. The van der Waals surface area contributed by atoms with E-state index in [1.54, 1.807) is 23.1 Å². The van der Waals surface area contributed by atoms with Crippen LogP contribution in [0.3, 0.4) is 0 Å². The van der Waals surface area contributed by atoms with Gasteiger partial charge in [-0.25, -0.2) is 15.0 Å². The van der Waals surface area contributed by atoms with Crippen molar-refractivity contribution in [2.45, 2.75) is 58.5 Å². The van der Waals surface area contributed by atoms with Crippen molar-refractivity contribution in [2.75, 3.05) is 18.1 Å². The number of rotatable bonds is 6. The molecule has 0 saturated carbocycles. The van der Waals surface area contributed by atoms with Crippen LogP contribution >= 0.6 is 23.1 Å². The van der Waals surface area contributed by atoms with E-state index in [-0.39, 0.29) is 0 Å². The van der Waals surface area contributed by atoms with Gasteiger partial charge in [-0.2, -0.15) is 0 Å². The van der Waals surface area contributed by atoms with Gasteiger partial charge in [-0.3, -0.25) is 0 Å². The second-order valence-electron chi connectivity index (χ2n) is 8.26. The third-order valence-corrected chi connectivity index (χ3v) is 6.69. The molecule has 0 spiro atoms. The van der Waals surface area contributed by atoms with Gasteiger partial charge in [0.25, 0.3) is 0 Å². The SMILES string of the molecule is CSc1nc(NCC(C)C)c2sc3nc(CC(C)C)c4c(c3c2n1)CCC4. The van der Waals surface area contributed by atoms with E-state index in [0.29, 0.717) is 11.8 Å². The molecule has 0 aliphatic heterocycles. The average molecular weight is 401 g/mol. The van der Waals surface area contributed by atoms with Crippen molar-refractivity contribution in [3.8, 4) is 0 Å². The summed E-state index contributed by atoms with van der Waals surface area (Å²) in [4.78, 5) is 16.0. The predicted octanol–water partition coefficient (Wildman–Crippen LogP) is 5.72. The standard InChI is InChI=1S/C21H28N4S2/c1-11(2)9-15-13-7-6-8-14(13)16-17-18(27-20(16)23-15)19(22-10-12(3)4)25-21(24-17)26-5/h11-12H,6-10H2,1-5H3,(H,22,24,25). The average Bonchev–Trinajstić information content (AvgIpc) is 3.22. The van der Waals surface area contributed by atoms with Crippen LogP contribution in [0.4, 0.5) is 5.82 Å². The maximum Gasteiger partial charge on any atom is 0.189 e. The number of hydrogen-bond acceptors (Lipinski definition) is 6. The summed E-state index contributed by atoms with van der Waals surface area (Å²) in [5.41, 5.74) is 5.41. The first-order valence-electron chi connectivity index (χ1n) is 9.90. The molecule has 6 heteroatoms. The van der Waals surface area contributed by atoms with Crippen LogP contribution in [0, 0.1) is 11.8 Å². The Balaban J connectivity index is 1.96. The lowest BCUT2D eigenvalue weighted by Crippen LogP contribution is -2.09. The molecule has 4 nitrogen and oxygen atoms in total. The molecule has 3 aromatic heterocycles. The van der Waals surface area contributed by atoms with Crippen molar-refractivity contribution < 1.29 is 0 Å². The van der Waals surface area contributed by atoms with E-state index >= 15 is 0 Å². The van der Waals surface area contributed by atoms with Gasteiger partial charge in [0.15, 0.2) is 5.16 Å². The van der Waals surface area contributed by atoms with Crippen molar-refractivity contribution in [1.82, 2.24) is 15.0 Å². The number of hydrogen-bond donors (Lipinski definition) is 1. The number of pyridine rings is 1. The second kappa shape index (κ2) is 7.55. The molecule has 3 aromatic rings. The number of fused-ring (bicyclic) bond motifs is 5. The zero-order valence-corrected chi connectivity index (χ0v) is 18.5. The van der Waals surface area contributed by atoms with Gasteiger partial charge >= 0.3 is 0 Å². The number of thiophene rings is 1. The van der Waals surface area contributed by atoms with Gasteiger partial charge in [0.2, 0.25) is 0 Å². The summed E-state index contributed by atoms with van der Waals surface area (Å²) in [7, 11) is 0. The van der Waals surface area contributed by atoms with Crippen molar-refractivity contribution in [2.24, 2.45) is 11.8 Å². The first kappa shape index (κ1) is 18.9. The molecule has 0 unspecified atom stereocenters. The summed E-state index contributed by atoms with van der Waals surface area (Å²) >= 11 is 3.37. The van der Waals surface area contributed by atoms with Crippen molar-refractivity contribution in [3.05, 3.63) is 16.8 Å². The van der Waals surface area contributed by atoms with E-state index in [2.05, 4.69) is 33.0 Å². The zero-order valence-electron chi connectivity index (χ0n) is 16.8. The molecule has 1 N–H and O–H groups in total. The van der Waals surface area contributed by atoms with Crippen LogP contribution < -0.4 is 5.32 Å². The lowest BCUT2D eigenvalue weighted by atomic mass is 9.99. The Hall–Kier alpha value is -1.40. The highest BCUT2D eigenvalue weighted by molar-refractivity contribution is 7.98. The van der Waals surface area contributed by atoms with E-state index in [0.717, 1.165) is 51.8 Å². The highest BCUT2D eigenvalue weighted by Crippen LogP contribution is 2.42. The summed E-state index contributed by atoms with van der Waals surface area (Å²) in [6.45, 7) is 9.92. The van der Waals surface area contributed by atoms with Gasteiger partial charge in [0, 0.05) is 17.6 Å². The predicted molar refractivity (Wildman–Crippen MR) is 118 cm³/mol. The molecule has 0 bridgehead atoms. The Morgan fingerprint density at radius 1 is 1.04 bits per heavy atom. The maximum absolute atomic E-state index is 5.13. The van der Waals surface area contributed by atoms with Gasteiger partial charge in [-0.1, -0.05) is 39.5 Å². The van der Waals surface area contributed by atoms with E-state index in [4.69, 9.17) is 15.0 Å². The Labute approximate surface area is 169 Å². The van der Waals surface area contributed by atoms with E-state index in [1.807, 2.05) is 6.26 Å². The fraction of sp³-hybridized carbons (Fsp3) is 0.571. The van der Waals surface area contributed by atoms with Crippen LogP contribution in [0.5, 0.6) is 0 Å². The van der Waals surface area contributed by atoms with E-state index < -0.39 is 0 Å². The molecule has 27 heavy (non-hydrogen) atoms. The summed E-state index contributed by atoms with van der Waals surface area (Å²) in [6, 6.07) is 0. The molecule has 1 aliphatic carbocycles. The third-order valence-electron chi connectivity index (χ3n) is 5.06.